The molecular formula is C9H11IO2. The molecule has 0 aliphatic carbocycles. The minimum Gasteiger partial charge on any atom is -0.492 e. The van der Waals surface area contributed by atoms with Gasteiger partial charge in [-0.2, -0.15) is 0 Å². The number of halogens is 1. The van der Waals surface area contributed by atoms with Gasteiger partial charge in [-0.05, 0) is 35.6 Å². The van der Waals surface area contributed by atoms with Crippen LogP contribution in [0.2, 0.25) is 0 Å². The van der Waals surface area contributed by atoms with Crippen molar-refractivity contribution in [3.63, 3.8) is 0 Å². The van der Waals surface area contributed by atoms with Crippen LogP contribution in [-0.2, 0) is 9.53 Å². The highest BCUT2D eigenvalue weighted by Gasteiger charge is 2.28. The Balaban J connectivity index is 2.80. The van der Waals surface area contributed by atoms with Crippen LogP contribution in [0.25, 0.3) is 0 Å². The third-order valence-corrected chi connectivity index (χ3v) is 2.64. The van der Waals surface area contributed by atoms with E-state index in [-0.39, 0.29) is 17.8 Å². The third kappa shape index (κ3) is 1.88. The Morgan fingerprint density at radius 2 is 2.33 bits per heavy atom. The number of hydrogen-bond donors (Lipinski definition) is 0. The zero-order valence-electron chi connectivity index (χ0n) is 7.08. The van der Waals surface area contributed by atoms with E-state index in [0.29, 0.717) is 3.58 Å². The van der Waals surface area contributed by atoms with Gasteiger partial charge in [-0.25, -0.2) is 0 Å². The van der Waals surface area contributed by atoms with Crippen molar-refractivity contribution in [1.29, 1.82) is 0 Å². The molecule has 0 amide bonds. The van der Waals surface area contributed by atoms with Crippen molar-refractivity contribution in [1.82, 2.24) is 0 Å². The Kier molecular flexibility index (Phi) is 3.31. The van der Waals surface area contributed by atoms with Gasteiger partial charge in [0.2, 0.25) is 0 Å². The number of hydrogen-bond acceptors (Lipinski definition) is 2. The molecule has 1 aliphatic rings. The van der Waals surface area contributed by atoms with E-state index < -0.39 is 0 Å². The molecule has 1 aliphatic heterocycles. The summed E-state index contributed by atoms with van der Waals surface area (Å²) in [5, 5.41) is 0. The zero-order chi connectivity index (χ0) is 9.14. The number of rotatable bonds is 1. The number of Topliss-reactive ketones (excluding diaryl/α,β-unsaturated/α-hetero) is 1. The molecule has 0 radical (unpaired) electrons. The maximum absolute atomic E-state index is 11.4. The molecule has 12 heavy (non-hydrogen) atoms. The smallest absolute Gasteiger partial charge is 0.178 e. The fraction of sp³-hybridized carbons (Fsp3) is 0.444. The summed E-state index contributed by atoms with van der Waals surface area (Å²) in [6, 6.07) is 0. The number of allylic oxidation sites excluding steroid dienone is 2. The van der Waals surface area contributed by atoms with E-state index in [1.807, 2.05) is 48.6 Å². The Bertz CT molecular complexity index is 243. The maximum Gasteiger partial charge on any atom is 0.178 e. The molecule has 0 bridgehead atoms. The van der Waals surface area contributed by atoms with Crippen molar-refractivity contribution < 1.29 is 9.53 Å². The van der Waals surface area contributed by atoms with Crippen LogP contribution in [-0.4, -0.2) is 11.9 Å². The molecule has 0 fully saturated rings. The molecule has 0 saturated heterocycles. The predicted octanol–water partition coefficient (Wildman–Crippen LogP) is 2.44. The number of ketones is 1. The highest BCUT2D eigenvalue weighted by molar-refractivity contribution is 14.1. The zero-order valence-corrected chi connectivity index (χ0v) is 9.24. The Labute approximate surface area is 85.8 Å². The van der Waals surface area contributed by atoms with Crippen molar-refractivity contribution in [2.45, 2.75) is 20.0 Å². The Morgan fingerprint density at radius 1 is 1.67 bits per heavy atom. The van der Waals surface area contributed by atoms with Crippen LogP contribution >= 0.6 is 22.6 Å². The summed E-state index contributed by atoms with van der Waals surface area (Å²) < 4.78 is 6.02. The van der Waals surface area contributed by atoms with Gasteiger partial charge in [-0.3, -0.25) is 4.79 Å². The second-order valence-electron chi connectivity index (χ2n) is 2.75. The monoisotopic (exact) mass is 278 g/mol. The van der Waals surface area contributed by atoms with Gasteiger partial charge >= 0.3 is 0 Å². The van der Waals surface area contributed by atoms with Crippen LogP contribution < -0.4 is 0 Å². The van der Waals surface area contributed by atoms with Gasteiger partial charge in [0, 0.05) is 0 Å². The molecule has 0 unspecified atom stereocenters. The molecule has 1 rings (SSSR count). The Hall–Kier alpha value is -0.320. The van der Waals surface area contributed by atoms with Gasteiger partial charge in [-0.15, -0.1) is 0 Å². The average Bonchev–Trinajstić information content (AvgIpc) is 2.07. The number of carbonyl (C=O) groups excluding carboxylic acids is 1. The van der Waals surface area contributed by atoms with Gasteiger partial charge in [0.1, 0.15) is 12.4 Å². The van der Waals surface area contributed by atoms with E-state index in [2.05, 4.69) is 0 Å². The van der Waals surface area contributed by atoms with Crippen molar-refractivity contribution in [3.8, 4) is 0 Å². The minimum absolute atomic E-state index is 0.0573. The van der Waals surface area contributed by atoms with E-state index in [0.717, 1.165) is 0 Å². The lowest BCUT2D eigenvalue weighted by molar-refractivity contribution is -0.121. The summed E-state index contributed by atoms with van der Waals surface area (Å²) in [4.78, 5) is 11.4. The number of ether oxygens (including phenoxy) is 1. The molecule has 0 N–H and O–H groups in total. The number of carbonyl (C=O) groups is 1. The second-order valence-corrected chi connectivity index (χ2v) is 3.91. The quantitative estimate of drug-likeness (QED) is 0.544. The van der Waals surface area contributed by atoms with Crippen LogP contribution in [0, 0.1) is 5.92 Å². The van der Waals surface area contributed by atoms with E-state index >= 15 is 0 Å². The Morgan fingerprint density at radius 3 is 2.92 bits per heavy atom. The minimum atomic E-state index is -0.0824. The summed E-state index contributed by atoms with van der Waals surface area (Å²) in [5.74, 6) is 0.114. The SMILES string of the molecule is C/C=C/[C@@H]1OC=C(I)C(=O)[C@@H]1C. The first-order valence-corrected chi connectivity index (χ1v) is 4.93. The molecule has 0 aromatic heterocycles. The van der Waals surface area contributed by atoms with Crippen molar-refractivity contribution in [2.24, 2.45) is 5.92 Å². The standard InChI is InChI=1S/C9H11IO2/c1-3-4-8-6(2)9(11)7(10)5-12-8/h3-6,8H,1-2H3/b4-3+/t6-,8+/m1/s1. The highest BCUT2D eigenvalue weighted by Crippen LogP contribution is 2.24. The average molecular weight is 278 g/mol. The molecule has 0 spiro atoms. The van der Waals surface area contributed by atoms with Gasteiger partial charge < -0.3 is 4.74 Å². The molecule has 66 valence electrons. The summed E-state index contributed by atoms with van der Waals surface area (Å²) >= 11 is 2.00. The molecule has 1 heterocycles. The fourth-order valence-electron chi connectivity index (χ4n) is 1.08. The highest BCUT2D eigenvalue weighted by atomic mass is 127. The first kappa shape index (κ1) is 9.77. The summed E-state index contributed by atoms with van der Waals surface area (Å²) in [6.07, 6.45) is 5.26. The van der Waals surface area contributed by atoms with Crippen LogP contribution in [0.4, 0.5) is 0 Å². The van der Waals surface area contributed by atoms with Gasteiger partial charge in [0.25, 0.3) is 0 Å². The van der Waals surface area contributed by atoms with Crippen LogP contribution in [0.15, 0.2) is 22.0 Å². The lowest BCUT2D eigenvalue weighted by atomic mass is 9.97. The topological polar surface area (TPSA) is 26.3 Å². The van der Waals surface area contributed by atoms with E-state index in [9.17, 15) is 4.79 Å². The predicted molar refractivity (Wildman–Crippen MR) is 56.0 cm³/mol. The molecule has 2 nitrogen and oxygen atoms in total. The van der Waals surface area contributed by atoms with Crippen LogP contribution in [0.1, 0.15) is 13.8 Å². The normalized spacial score (nSPS) is 30.2. The van der Waals surface area contributed by atoms with Crippen molar-refractivity contribution >= 4 is 28.4 Å². The second kappa shape index (κ2) is 4.07. The summed E-state index contributed by atoms with van der Waals surface area (Å²) in [6.45, 7) is 3.81. The molecule has 0 aromatic rings. The van der Waals surface area contributed by atoms with Crippen LogP contribution in [0.5, 0.6) is 0 Å². The van der Waals surface area contributed by atoms with Gasteiger partial charge in [-0.1, -0.05) is 13.0 Å². The van der Waals surface area contributed by atoms with Gasteiger partial charge in [0.15, 0.2) is 5.78 Å². The van der Waals surface area contributed by atoms with E-state index in [1.54, 1.807) is 0 Å². The molecule has 0 aromatic carbocycles. The maximum atomic E-state index is 11.4. The van der Waals surface area contributed by atoms with Gasteiger partial charge in [0.05, 0.1) is 9.50 Å². The molecule has 0 saturated carbocycles. The lowest BCUT2D eigenvalue weighted by Gasteiger charge is -2.23. The largest absolute Gasteiger partial charge is 0.492 e. The van der Waals surface area contributed by atoms with Crippen molar-refractivity contribution in [3.05, 3.63) is 22.0 Å². The van der Waals surface area contributed by atoms with Crippen LogP contribution in [0.3, 0.4) is 0 Å². The summed E-state index contributed by atoms with van der Waals surface area (Å²) in [7, 11) is 0. The first-order valence-electron chi connectivity index (χ1n) is 3.85. The lowest BCUT2D eigenvalue weighted by Crippen LogP contribution is -2.29. The third-order valence-electron chi connectivity index (χ3n) is 1.85. The van der Waals surface area contributed by atoms with Crippen molar-refractivity contribution in [2.75, 3.05) is 0 Å². The first-order chi connectivity index (χ1) is 5.66. The summed E-state index contributed by atoms with van der Waals surface area (Å²) in [5.41, 5.74) is 0. The van der Waals surface area contributed by atoms with E-state index in [1.165, 1.54) is 6.26 Å². The molecule has 3 heteroatoms. The van der Waals surface area contributed by atoms with E-state index in [4.69, 9.17) is 4.74 Å². The molecular weight excluding hydrogens is 267 g/mol. The molecule has 2 atom stereocenters. The fourth-order valence-corrected chi connectivity index (χ4v) is 1.72.